The van der Waals surface area contributed by atoms with Crippen LogP contribution in [0.15, 0.2) is 77.7 Å². The van der Waals surface area contributed by atoms with Gasteiger partial charge in [-0.3, -0.25) is 13.9 Å². The van der Waals surface area contributed by atoms with Gasteiger partial charge in [-0.2, -0.15) is 0 Å². The third kappa shape index (κ3) is 7.03. The molecule has 2 amide bonds. The monoisotopic (exact) mass is 561 g/mol. The predicted octanol–water partition coefficient (Wildman–Crippen LogP) is 5.05. The zero-order valence-corrected chi connectivity index (χ0v) is 23.1. The third-order valence-corrected chi connectivity index (χ3v) is 8.28. The molecule has 0 unspecified atom stereocenters. The Morgan fingerprint density at radius 2 is 1.65 bits per heavy atom. The number of hydrogen-bond acceptors (Lipinski definition) is 4. The molecule has 0 heterocycles. The quantitative estimate of drug-likeness (QED) is 0.375. The minimum Gasteiger partial charge on any atom is -0.355 e. The molecular weight excluding hydrogens is 533 g/mol. The predicted molar refractivity (Wildman–Crippen MR) is 147 cm³/mol. The van der Waals surface area contributed by atoms with Gasteiger partial charge < -0.3 is 10.2 Å². The number of nitrogens with zero attached hydrogens (tertiary/aromatic N) is 2. The normalized spacial score (nSPS) is 12.0. The van der Waals surface area contributed by atoms with Crippen molar-refractivity contribution in [1.29, 1.82) is 0 Å². The number of sulfonamides is 1. The summed E-state index contributed by atoms with van der Waals surface area (Å²) >= 11 is 12.2. The van der Waals surface area contributed by atoms with Gasteiger partial charge in [0.2, 0.25) is 11.8 Å². The Labute approximate surface area is 228 Å². The van der Waals surface area contributed by atoms with Crippen LogP contribution in [0, 0.1) is 6.92 Å². The molecule has 1 atom stereocenters. The molecule has 0 aliphatic rings. The van der Waals surface area contributed by atoms with Crippen molar-refractivity contribution in [2.45, 2.75) is 38.3 Å². The summed E-state index contributed by atoms with van der Waals surface area (Å²) in [6.07, 6.45) is 0. The summed E-state index contributed by atoms with van der Waals surface area (Å²) in [4.78, 5) is 27.9. The van der Waals surface area contributed by atoms with Gasteiger partial charge >= 0.3 is 0 Å². The number of carbonyl (C=O) groups excluding carboxylic acids is 2. The molecule has 0 fully saturated rings. The molecule has 3 rings (SSSR count). The molecule has 0 aliphatic carbocycles. The lowest BCUT2D eigenvalue weighted by atomic mass is 10.1. The van der Waals surface area contributed by atoms with Crippen LogP contribution in [0.2, 0.25) is 10.0 Å². The lowest BCUT2D eigenvalue weighted by molar-refractivity contribution is -0.139. The van der Waals surface area contributed by atoms with Crippen molar-refractivity contribution < 1.29 is 18.0 Å². The largest absolute Gasteiger partial charge is 0.355 e. The minimum atomic E-state index is -4.09. The average molecular weight is 563 g/mol. The topological polar surface area (TPSA) is 86.8 Å². The molecule has 37 heavy (non-hydrogen) atoms. The number of carbonyl (C=O) groups is 2. The van der Waals surface area contributed by atoms with Crippen LogP contribution in [-0.4, -0.2) is 44.3 Å². The maximum atomic E-state index is 13.8. The molecule has 0 radical (unpaired) electrons. The average Bonchev–Trinajstić information content (AvgIpc) is 2.87. The molecule has 0 spiro atoms. The molecule has 0 saturated carbocycles. The minimum absolute atomic E-state index is 0.0288. The van der Waals surface area contributed by atoms with Crippen molar-refractivity contribution in [3.05, 3.63) is 94.0 Å². The highest BCUT2D eigenvalue weighted by molar-refractivity contribution is 7.92. The standard InChI is InChI=1S/C27H29Cl2N3O4S/c1-4-30-27(34)20(3)31(17-21-13-14-24(28)25(29)16-21)26(33)18-32(22-10-8-9-19(2)15-22)37(35,36)23-11-6-5-7-12-23/h5-16,20H,4,17-18H2,1-3H3,(H,30,34)/t20-/m1/s1. The van der Waals surface area contributed by atoms with Gasteiger partial charge in [0.05, 0.1) is 20.6 Å². The van der Waals surface area contributed by atoms with Crippen LogP contribution in [0.25, 0.3) is 0 Å². The number of halogens is 2. The molecule has 0 aliphatic heterocycles. The number of aryl methyl sites for hydroxylation is 1. The van der Waals surface area contributed by atoms with E-state index in [1.54, 1.807) is 68.4 Å². The van der Waals surface area contributed by atoms with E-state index in [0.29, 0.717) is 27.8 Å². The summed E-state index contributed by atoms with van der Waals surface area (Å²) in [5, 5.41) is 3.39. The van der Waals surface area contributed by atoms with Crippen LogP contribution in [-0.2, 0) is 26.2 Å². The lowest BCUT2D eigenvalue weighted by Gasteiger charge is -2.32. The maximum Gasteiger partial charge on any atom is 0.264 e. The van der Waals surface area contributed by atoms with E-state index in [4.69, 9.17) is 23.2 Å². The van der Waals surface area contributed by atoms with Gasteiger partial charge in [0.15, 0.2) is 0 Å². The van der Waals surface area contributed by atoms with Crippen LogP contribution < -0.4 is 9.62 Å². The Balaban J connectivity index is 2.03. The Hall–Kier alpha value is -3.07. The Bertz CT molecular complexity index is 1370. The van der Waals surface area contributed by atoms with E-state index < -0.39 is 28.5 Å². The Morgan fingerprint density at radius 3 is 2.27 bits per heavy atom. The maximum absolute atomic E-state index is 13.8. The summed E-state index contributed by atoms with van der Waals surface area (Å²) in [6.45, 7) is 5.12. The van der Waals surface area contributed by atoms with Crippen LogP contribution in [0.5, 0.6) is 0 Å². The van der Waals surface area contributed by atoms with Crippen molar-refractivity contribution in [2.24, 2.45) is 0 Å². The Morgan fingerprint density at radius 1 is 0.946 bits per heavy atom. The number of likely N-dealkylation sites (N-methyl/N-ethyl adjacent to an activating group) is 1. The number of hydrogen-bond donors (Lipinski definition) is 1. The molecular formula is C27H29Cl2N3O4S. The van der Waals surface area contributed by atoms with Crippen LogP contribution >= 0.6 is 23.2 Å². The Kier molecular flexibility index (Phi) is 9.59. The van der Waals surface area contributed by atoms with Gasteiger partial charge in [-0.15, -0.1) is 0 Å². The molecule has 7 nitrogen and oxygen atoms in total. The molecule has 0 bridgehead atoms. The fraction of sp³-hybridized carbons (Fsp3) is 0.259. The lowest BCUT2D eigenvalue weighted by Crippen LogP contribution is -2.51. The summed E-state index contributed by atoms with van der Waals surface area (Å²) in [5.74, 6) is -0.908. The van der Waals surface area contributed by atoms with E-state index in [9.17, 15) is 18.0 Å². The number of nitrogens with one attached hydrogen (secondary N) is 1. The fourth-order valence-corrected chi connectivity index (χ4v) is 5.52. The molecule has 10 heteroatoms. The van der Waals surface area contributed by atoms with Crippen LogP contribution in [0.4, 0.5) is 5.69 Å². The second-order valence-electron chi connectivity index (χ2n) is 8.50. The van der Waals surface area contributed by atoms with E-state index in [-0.39, 0.29) is 17.3 Å². The van der Waals surface area contributed by atoms with Gasteiger partial charge in [-0.05, 0) is 68.3 Å². The fourth-order valence-electron chi connectivity index (χ4n) is 3.77. The molecule has 1 N–H and O–H groups in total. The first-order chi connectivity index (χ1) is 17.5. The van der Waals surface area contributed by atoms with E-state index in [2.05, 4.69) is 5.32 Å². The zero-order valence-electron chi connectivity index (χ0n) is 20.8. The number of amides is 2. The van der Waals surface area contributed by atoms with E-state index >= 15 is 0 Å². The highest BCUT2D eigenvalue weighted by Gasteiger charge is 2.32. The highest BCUT2D eigenvalue weighted by Crippen LogP contribution is 2.26. The summed E-state index contributed by atoms with van der Waals surface area (Å²) in [7, 11) is -4.09. The van der Waals surface area contributed by atoms with Gasteiger partial charge in [-0.25, -0.2) is 8.42 Å². The summed E-state index contributed by atoms with van der Waals surface area (Å²) in [5.41, 5.74) is 1.82. The molecule has 196 valence electrons. The van der Waals surface area contributed by atoms with Gasteiger partial charge in [0.25, 0.3) is 10.0 Å². The number of anilines is 1. The van der Waals surface area contributed by atoms with E-state index in [1.807, 2.05) is 13.0 Å². The first kappa shape index (κ1) is 28.5. The van der Waals surface area contributed by atoms with E-state index in [1.165, 1.54) is 17.0 Å². The number of rotatable bonds is 10. The van der Waals surface area contributed by atoms with Gasteiger partial charge in [0.1, 0.15) is 12.6 Å². The van der Waals surface area contributed by atoms with Crippen molar-refractivity contribution in [3.63, 3.8) is 0 Å². The third-order valence-electron chi connectivity index (χ3n) is 5.75. The zero-order chi connectivity index (χ0) is 27.2. The molecule has 0 aromatic heterocycles. The molecule has 0 saturated heterocycles. The van der Waals surface area contributed by atoms with Crippen LogP contribution in [0.3, 0.4) is 0 Å². The highest BCUT2D eigenvalue weighted by atomic mass is 35.5. The van der Waals surface area contributed by atoms with Crippen molar-refractivity contribution >= 4 is 50.7 Å². The number of benzene rings is 3. The smallest absolute Gasteiger partial charge is 0.264 e. The van der Waals surface area contributed by atoms with Crippen molar-refractivity contribution in [3.8, 4) is 0 Å². The van der Waals surface area contributed by atoms with E-state index in [0.717, 1.165) is 9.87 Å². The summed E-state index contributed by atoms with van der Waals surface area (Å²) in [6, 6.07) is 18.9. The van der Waals surface area contributed by atoms with Gasteiger partial charge in [0, 0.05) is 13.1 Å². The van der Waals surface area contributed by atoms with Gasteiger partial charge in [-0.1, -0.05) is 59.6 Å². The van der Waals surface area contributed by atoms with Crippen LogP contribution in [0.1, 0.15) is 25.0 Å². The van der Waals surface area contributed by atoms with Crippen molar-refractivity contribution in [1.82, 2.24) is 10.2 Å². The summed E-state index contributed by atoms with van der Waals surface area (Å²) < 4.78 is 28.5. The first-order valence-electron chi connectivity index (χ1n) is 11.7. The second kappa shape index (κ2) is 12.4. The first-order valence-corrected chi connectivity index (χ1v) is 13.9. The molecule has 3 aromatic rings. The molecule has 3 aromatic carbocycles. The second-order valence-corrected chi connectivity index (χ2v) is 11.2. The van der Waals surface area contributed by atoms with Crippen molar-refractivity contribution in [2.75, 3.05) is 17.4 Å². The SMILES string of the molecule is CCNC(=O)[C@@H](C)N(Cc1ccc(Cl)c(Cl)c1)C(=O)CN(c1cccc(C)c1)S(=O)(=O)c1ccccc1.